The zero-order chi connectivity index (χ0) is 20.9. The molecule has 0 spiro atoms. The Morgan fingerprint density at radius 1 is 1.17 bits per heavy atom. The predicted molar refractivity (Wildman–Crippen MR) is 92.9 cm³/mol. The molecule has 152 valence electrons. The molecule has 2 aliphatic heterocycles. The van der Waals surface area contributed by atoms with Crippen LogP contribution in [0.15, 0.2) is 35.1 Å². The summed E-state index contributed by atoms with van der Waals surface area (Å²) in [6.07, 6.45) is -3.30. The first-order valence-electron chi connectivity index (χ1n) is 8.54. The molecule has 1 aromatic carbocycles. The van der Waals surface area contributed by atoms with Crippen molar-refractivity contribution < 1.29 is 27.2 Å². The highest BCUT2D eigenvalue weighted by Gasteiger charge is 2.36. The van der Waals surface area contributed by atoms with Gasteiger partial charge in [-0.15, -0.1) is 0 Å². The Kier molecular flexibility index (Phi) is 4.60. The van der Waals surface area contributed by atoms with Gasteiger partial charge < -0.3 is 9.47 Å². The molecular formula is C18H13ClF4N4O2. The fourth-order valence-electron chi connectivity index (χ4n) is 3.52. The summed E-state index contributed by atoms with van der Waals surface area (Å²) in [4.78, 5) is 29.3. The highest BCUT2D eigenvalue weighted by molar-refractivity contribution is 6.47. The molecule has 2 aliphatic rings. The minimum Gasteiger partial charge on any atom is -0.356 e. The number of nitrogens with one attached hydrogen (secondary N) is 1. The van der Waals surface area contributed by atoms with Crippen LogP contribution < -0.4 is 5.32 Å². The Morgan fingerprint density at radius 2 is 1.93 bits per heavy atom. The molecule has 1 aromatic heterocycles. The number of benzene rings is 1. The van der Waals surface area contributed by atoms with Gasteiger partial charge in [0.25, 0.3) is 11.8 Å². The maximum absolute atomic E-state index is 13.3. The number of imidazole rings is 1. The fraction of sp³-hybridized carbons (Fsp3) is 0.278. The van der Waals surface area contributed by atoms with Crippen LogP contribution in [0.25, 0.3) is 0 Å². The molecule has 0 fully saturated rings. The second-order valence-electron chi connectivity index (χ2n) is 6.66. The van der Waals surface area contributed by atoms with Gasteiger partial charge in [0, 0.05) is 31.4 Å². The quantitative estimate of drug-likeness (QED) is 0.603. The monoisotopic (exact) mass is 428 g/mol. The summed E-state index contributed by atoms with van der Waals surface area (Å²) >= 11 is 5.91. The molecule has 0 radical (unpaired) electrons. The third kappa shape index (κ3) is 3.48. The van der Waals surface area contributed by atoms with E-state index in [1.165, 1.54) is 6.20 Å². The van der Waals surface area contributed by atoms with E-state index in [1.807, 2.05) is 0 Å². The first-order chi connectivity index (χ1) is 13.6. The van der Waals surface area contributed by atoms with E-state index in [0.29, 0.717) is 30.7 Å². The number of imide groups is 1. The number of carbonyl (C=O) groups is 2. The van der Waals surface area contributed by atoms with Crippen LogP contribution in [0.4, 0.5) is 17.6 Å². The van der Waals surface area contributed by atoms with Crippen LogP contribution in [0, 0.1) is 5.82 Å². The van der Waals surface area contributed by atoms with Gasteiger partial charge >= 0.3 is 6.18 Å². The van der Waals surface area contributed by atoms with Crippen LogP contribution in [0.3, 0.4) is 0 Å². The molecule has 0 atom stereocenters. The lowest BCUT2D eigenvalue weighted by Gasteiger charge is -2.30. The van der Waals surface area contributed by atoms with Crippen molar-refractivity contribution >= 4 is 23.4 Å². The van der Waals surface area contributed by atoms with Crippen molar-refractivity contribution in [3.05, 3.63) is 63.6 Å². The van der Waals surface area contributed by atoms with Crippen LogP contribution in [0.5, 0.6) is 0 Å². The van der Waals surface area contributed by atoms with Gasteiger partial charge in [-0.05, 0) is 17.7 Å². The third-order valence-corrected chi connectivity index (χ3v) is 5.21. The molecule has 6 nitrogen and oxygen atoms in total. The molecule has 4 rings (SSSR count). The fourth-order valence-corrected chi connectivity index (χ4v) is 3.78. The molecule has 2 aromatic rings. The first kappa shape index (κ1) is 19.4. The second kappa shape index (κ2) is 6.87. The van der Waals surface area contributed by atoms with Crippen molar-refractivity contribution in [2.45, 2.75) is 25.7 Å². The zero-order valence-electron chi connectivity index (χ0n) is 14.7. The summed E-state index contributed by atoms with van der Waals surface area (Å²) in [5.74, 6) is -1.70. The summed E-state index contributed by atoms with van der Waals surface area (Å²) in [5.41, 5.74) is -0.492. The van der Waals surface area contributed by atoms with E-state index in [-0.39, 0.29) is 29.3 Å². The van der Waals surface area contributed by atoms with Crippen molar-refractivity contribution in [1.29, 1.82) is 0 Å². The predicted octanol–water partition coefficient (Wildman–Crippen LogP) is 2.55. The van der Waals surface area contributed by atoms with Crippen LogP contribution in [-0.2, 0) is 35.3 Å². The molecule has 0 unspecified atom stereocenters. The zero-order valence-corrected chi connectivity index (χ0v) is 15.4. The van der Waals surface area contributed by atoms with Crippen molar-refractivity contribution in [2.75, 3.05) is 6.54 Å². The molecule has 0 saturated heterocycles. The van der Waals surface area contributed by atoms with Crippen molar-refractivity contribution in [3.63, 3.8) is 0 Å². The van der Waals surface area contributed by atoms with Crippen molar-refractivity contribution in [3.8, 4) is 0 Å². The summed E-state index contributed by atoms with van der Waals surface area (Å²) in [7, 11) is 0. The van der Waals surface area contributed by atoms with E-state index in [2.05, 4.69) is 10.3 Å². The van der Waals surface area contributed by atoms with Gasteiger partial charge in [0.1, 0.15) is 22.4 Å². The van der Waals surface area contributed by atoms with Gasteiger partial charge in [0.15, 0.2) is 0 Å². The summed E-state index contributed by atoms with van der Waals surface area (Å²) in [6, 6.07) is 2.59. The number of rotatable bonds is 3. The van der Waals surface area contributed by atoms with Gasteiger partial charge in [-0.25, -0.2) is 9.37 Å². The number of aromatic nitrogens is 2. The van der Waals surface area contributed by atoms with Gasteiger partial charge in [0.05, 0.1) is 12.1 Å². The molecule has 2 amide bonds. The van der Waals surface area contributed by atoms with Crippen LogP contribution in [-0.4, -0.2) is 32.8 Å². The number of carbonyl (C=O) groups excluding carboxylic acids is 2. The Bertz CT molecular complexity index is 1060. The number of fused-ring (bicyclic) bond motifs is 1. The number of hydrogen-bond donors (Lipinski definition) is 1. The Hall–Kier alpha value is -2.88. The molecule has 29 heavy (non-hydrogen) atoms. The number of alkyl halides is 3. The van der Waals surface area contributed by atoms with Crippen LogP contribution in [0.1, 0.15) is 22.6 Å². The standard InChI is InChI=1S/C18H13ClF4N4O2/c19-14-15(17(29)25-16(14)28)26-3-4-27-11(7-24-13(27)8-26)5-9-1-2-10(20)6-12(9)18(21,22)23/h1-2,6-7H,3-5,8H2,(H,25,28,29). The van der Waals surface area contributed by atoms with Crippen molar-refractivity contribution in [1.82, 2.24) is 19.8 Å². The number of amides is 2. The highest BCUT2D eigenvalue weighted by Crippen LogP contribution is 2.34. The Morgan fingerprint density at radius 3 is 2.59 bits per heavy atom. The van der Waals surface area contributed by atoms with Gasteiger partial charge in [-0.1, -0.05) is 17.7 Å². The molecule has 11 heteroatoms. The Labute approximate surface area is 166 Å². The number of nitrogens with zero attached hydrogens (tertiary/aromatic N) is 3. The molecular weight excluding hydrogens is 416 g/mol. The topological polar surface area (TPSA) is 67.2 Å². The number of halogens is 5. The second-order valence-corrected chi connectivity index (χ2v) is 7.04. The van der Waals surface area contributed by atoms with Crippen LogP contribution >= 0.6 is 11.6 Å². The molecule has 0 saturated carbocycles. The Balaban J connectivity index is 1.61. The van der Waals surface area contributed by atoms with E-state index in [9.17, 15) is 27.2 Å². The maximum atomic E-state index is 13.3. The molecule has 3 heterocycles. The smallest absolute Gasteiger partial charge is 0.356 e. The average molecular weight is 429 g/mol. The third-order valence-electron chi connectivity index (χ3n) is 4.86. The van der Waals surface area contributed by atoms with Gasteiger partial charge in [0.2, 0.25) is 0 Å². The minimum absolute atomic E-state index is 0.0597. The molecule has 1 N–H and O–H groups in total. The van der Waals surface area contributed by atoms with E-state index < -0.39 is 29.4 Å². The van der Waals surface area contributed by atoms with Crippen LogP contribution in [0.2, 0.25) is 0 Å². The SMILES string of the molecule is O=C1NC(=O)C(N2CCn3c(Cc4ccc(F)cc4C(F)(F)F)cnc3C2)=C1Cl. The van der Waals surface area contributed by atoms with E-state index in [1.54, 1.807) is 9.47 Å². The molecule has 0 bridgehead atoms. The lowest BCUT2D eigenvalue weighted by molar-refractivity contribution is -0.138. The summed E-state index contributed by atoms with van der Waals surface area (Å²) in [5, 5.41) is 1.91. The first-order valence-corrected chi connectivity index (χ1v) is 8.92. The lowest BCUT2D eigenvalue weighted by Crippen LogP contribution is -2.37. The summed E-state index contributed by atoms with van der Waals surface area (Å²) in [6.45, 7) is 0.822. The van der Waals surface area contributed by atoms with E-state index in [0.717, 1.165) is 12.1 Å². The average Bonchev–Trinajstić information content (AvgIpc) is 3.15. The summed E-state index contributed by atoms with van der Waals surface area (Å²) < 4.78 is 54.8. The van der Waals surface area contributed by atoms with Crippen molar-refractivity contribution in [2.24, 2.45) is 0 Å². The lowest BCUT2D eigenvalue weighted by atomic mass is 10.0. The number of hydrogen-bond acceptors (Lipinski definition) is 4. The van der Waals surface area contributed by atoms with Gasteiger partial charge in [-0.2, -0.15) is 13.2 Å². The van der Waals surface area contributed by atoms with Gasteiger partial charge in [-0.3, -0.25) is 14.9 Å². The highest BCUT2D eigenvalue weighted by atomic mass is 35.5. The largest absolute Gasteiger partial charge is 0.416 e. The van der Waals surface area contributed by atoms with E-state index in [4.69, 9.17) is 11.6 Å². The normalized spacial score (nSPS) is 17.1. The minimum atomic E-state index is -4.68. The maximum Gasteiger partial charge on any atom is 0.416 e. The van der Waals surface area contributed by atoms with E-state index >= 15 is 0 Å². The molecule has 0 aliphatic carbocycles.